The minimum Gasteiger partial charge on any atom is -0.316 e. The molecule has 0 radical (unpaired) electrons. The van der Waals surface area contributed by atoms with Gasteiger partial charge in [-0.3, -0.25) is 4.79 Å². The number of rotatable bonds is 0. The quantitative estimate of drug-likeness (QED) is 0.628. The molecule has 11 heavy (non-hydrogen) atoms. The lowest BCUT2D eigenvalue weighted by atomic mass is 9.93. The molecule has 1 aromatic heterocycles. The van der Waals surface area contributed by atoms with Crippen molar-refractivity contribution in [3.05, 3.63) is 20.2 Å². The minimum absolute atomic E-state index is 0.115. The summed E-state index contributed by atoms with van der Waals surface area (Å²) in [4.78, 5) is 15.2. The highest BCUT2D eigenvalue weighted by molar-refractivity contribution is 7.09. The highest BCUT2D eigenvalue weighted by atomic mass is 32.1. The van der Waals surface area contributed by atoms with Crippen LogP contribution in [0.5, 0.6) is 0 Å². The number of nitrogens with one attached hydrogen (secondary N) is 1. The Hall–Kier alpha value is -0.570. The van der Waals surface area contributed by atoms with E-state index in [2.05, 4.69) is 11.9 Å². The summed E-state index contributed by atoms with van der Waals surface area (Å²) in [6, 6.07) is 0. The third-order valence-electron chi connectivity index (χ3n) is 2.23. The Morgan fingerprint density at radius 3 is 3.27 bits per heavy atom. The molecule has 0 bridgehead atoms. The van der Waals surface area contributed by atoms with E-state index in [-0.39, 0.29) is 4.87 Å². The molecule has 3 heteroatoms. The topological polar surface area (TPSA) is 32.9 Å². The Kier molecular flexibility index (Phi) is 1.60. The van der Waals surface area contributed by atoms with Crippen LogP contribution in [0.2, 0.25) is 0 Å². The van der Waals surface area contributed by atoms with Crippen LogP contribution in [0, 0.1) is 5.92 Å². The van der Waals surface area contributed by atoms with Crippen LogP contribution in [0.4, 0.5) is 0 Å². The number of H-pyrrole nitrogens is 1. The Morgan fingerprint density at radius 2 is 2.45 bits per heavy atom. The van der Waals surface area contributed by atoms with Gasteiger partial charge in [-0.05, 0) is 25.2 Å². The third-order valence-corrected chi connectivity index (χ3v) is 3.17. The maximum atomic E-state index is 10.9. The van der Waals surface area contributed by atoms with E-state index < -0.39 is 0 Å². The minimum atomic E-state index is 0.115. The first-order valence-corrected chi connectivity index (χ1v) is 4.78. The van der Waals surface area contributed by atoms with Gasteiger partial charge in [-0.25, -0.2) is 0 Å². The molecule has 1 N–H and O–H groups in total. The lowest BCUT2D eigenvalue weighted by Crippen LogP contribution is -2.09. The van der Waals surface area contributed by atoms with Crippen molar-refractivity contribution in [2.75, 3.05) is 0 Å². The van der Waals surface area contributed by atoms with Crippen LogP contribution in [-0.2, 0) is 12.8 Å². The lowest BCUT2D eigenvalue weighted by Gasteiger charge is -2.16. The monoisotopic (exact) mass is 169 g/mol. The molecule has 1 aliphatic carbocycles. The fourth-order valence-corrected chi connectivity index (χ4v) is 2.61. The summed E-state index contributed by atoms with van der Waals surface area (Å²) in [7, 11) is 0. The van der Waals surface area contributed by atoms with E-state index in [0.717, 1.165) is 18.8 Å². The van der Waals surface area contributed by atoms with Crippen LogP contribution in [-0.4, -0.2) is 4.98 Å². The van der Waals surface area contributed by atoms with Gasteiger partial charge in [-0.1, -0.05) is 18.3 Å². The van der Waals surface area contributed by atoms with Crippen LogP contribution in [0.25, 0.3) is 0 Å². The fourth-order valence-electron chi connectivity index (χ4n) is 1.57. The summed E-state index contributed by atoms with van der Waals surface area (Å²) in [5, 5.41) is 0. The van der Waals surface area contributed by atoms with Gasteiger partial charge in [0.15, 0.2) is 0 Å². The number of aryl methyl sites for hydroxylation is 1. The van der Waals surface area contributed by atoms with Crippen LogP contribution in [0.15, 0.2) is 4.79 Å². The van der Waals surface area contributed by atoms with Gasteiger partial charge in [0.25, 0.3) is 0 Å². The van der Waals surface area contributed by atoms with Crippen molar-refractivity contribution >= 4 is 11.3 Å². The van der Waals surface area contributed by atoms with Crippen molar-refractivity contribution in [1.82, 2.24) is 4.98 Å². The fraction of sp³-hybridized carbons (Fsp3) is 0.625. The van der Waals surface area contributed by atoms with Gasteiger partial charge in [-0.2, -0.15) is 0 Å². The first kappa shape index (κ1) is 7.10. The number of hydrogen-bond acceptors (Lipinski definition) is 2. The molecule has 0 saturated carbocycles. The van der Waals surface area contributed by atoms with Gasteiger partial charge in [-0.15, -0.1) is 0 Å². The Balaban J connectivity index is 2.41. The maximum Gasteiger partial charge on any atom is 0.304 e. The molecule has 1 unspecified atom stereocenters. The summed E-state index contributed by atoms with van der Waals surface area (Å²) in [5.41, 5.74) is 1.19. The summed E-state index contributed by atoms with van der Waals surface area (Å²) < 4.78 is 0. The molecule has 2 nitrogen and oxygen atoms in total. The zero-order valence-electron chi connectivity index (χ0n) is 6.52. The highest BCUT2D eigenvalue weighted by Crippen LogP contribution is 2.24. The third kappa shape index (κ3) is 1.25. The van der Waals surface area contributed by atoms with Crippen LogP contribution in [0.3, 0.4) is 0 Å². The second-order valence-corrected chi connectivity index (χ2v) is 4.33. The molecule has 2 rings (SSSR count). The van der Waals surface area contributed by atoms with E-state index in [0.29, 0.717) is 0 Å². The number of aromatic amines is 1. The van der Waals surface area contributed by atoms with E-state index >= 15 is 0 Å². The van der Waals surface area contributed by atoms with Crippen molar-refractivity contribution in [3.8, 4) is 0 Å². The first-order chi connectivity index (χ1) is 5.25. The summed E-state index contributed by atoms with van der Waals surface area (Å²) in [6.45, 7) is 2.24. The van der Waals surface area contributed by atoms with Crippen LogP contribution in [0.1, 0.15) is 23.9 Å². The smallest absolute Gasteiger partial charge is 0.304 e. The summed E-state index contributed by atoms with van der Waals surface area (Å²) in [6.07, 6.45) is 3.38. The molecule has 0 fully saturated rings. The molecule has 0 amide bonds. The van der Waals surface area contributed by atoms with Crippen molar-refractivity contribution in [3.63, 3.8) is 0 Å². The molecule has 60 valence electrons. The molecular weight excluding hydrogens is 158 g/mol. The number of thiazole rings is 1. The van der Waals surface area contributed by atoms with Crippen molar-refractivity contribution in [2.45, 2.75) is 26.2 Å². The van der Waals surface area contributed by atoms with Gasteiger partial charge >= 0.3 is 4.87 Å². The largest absolute Gasteiger partial charge is 0.316 e. The Bertz CT molecular complexity index is 312. The van der Waals surface area contributed by atoms with E-state index in [4.69, 9.17) is 0 Å². The molecule has 1 aromatic rings. The zero-order valence-corrected chi connectivity index (χ0v) is 7.33. The zero-order chi connectivity index (χ0) is 7.84. The van der Waals surface area contributed by atoms with Crippen molar-refractivity contribution in [2.24, 2.45) is 5.92 Å². The van der Waals surface area contributed by atoms with E-state index in [9.17, 15) is 4.79 Å². The summed E-state index contributed by atoms with van der Waals surface area (Å²) >= 11 is 1.38. The normalized spacial score (nSPS) is 23.2. The SMILES string of the molecule is CC1CCc2[nH]c(=O)sc2C1. The van der Waals surface area contributed by atoms with E-state index in [1.165, 1.54) is 28.3 Å². The molecule has 1 heterocycles. The molecule has 1 atom stereocenters. The molecule has 0 spiro atoms. The van der Waals surface area contributed by atoms with E-state index in [1.807, 2.05) is 0 Å². The van der Waals surface area contributed by atoms with Crippen LogP contribution < -0.4 is 4.87 Å². The number of fused-ring (bicyclic) bond motifs is 1. The molecule has 0 aromatic carbocycles. The highest BCUT2D eigenvalue weighted by Gasteiger charge is 2.17. The Labute approximate surface area is 69.3 Å². The standard InChI is InChI=1S/C8H11NOS/c1-5-2-3-6-7(4-5)11-8(10)9-6/h5H,2-4H2,1H3,(H,9,10). The van der Waals surface area contributed by atoms with E-state index in [1.54, 1.807) is 0 Å². The predicted octanol–water partition coefficient (Wildman–Crippen LogP) is 1.56. The second kappa shape index (κ2) is 2.48. The summed E-state index contributed by atoms with van der Waals surface area (Å²) in [5.74, 6) is 0.758. The molecule has 0 aliphatic heterocycles. The lowest BCUT2D eigenvalue weighted by molar-refractivity contribution is 0.501. The van der Waals surface area contributed by atoms with Crippen molar-refractivity contribution < 1.29 is 0 Å². The number of aromatic nitrogens is 1. The first-order valence-electron chi connectivity index (χ1n) is 3.96. The predicted molar refractivity (Wildman–Crippen MR) is 46.1 cm³/mol. The van der Waals surface area contributed by atoms with Crippen LogP contribution >= 0.6 is 11.3 Å². The second-order valence-electron chi connectivity index (χ2n) is 3.26. The van der Waals surface area contributed by atoms with Gasteiger partial charge in [0.1, 0.15) is 0 Å². The van der Waals surface area contributed by atoms with Gasteiger partial charge in [0.2, 0.25) is 0 Å². The average Bonchev–Trinajstić information content (AvgIpc) is 2.27. The number of hydrogen-bond donors (Lipinski definition) is 1. The van der Waals surface area contributed by atoms with Crippen molar-refractivity contribution in [1.29, 1.82) is 0 Å². The molecule has 0 saturated heterocycles. The Morgan fingerprint density at radius 1 is 1.64 bits per heavy atom. The maximum absolute atomic E-state index is 10.9. The average molecular weight is 169 g/mol. The van der Waals surface area contributed by atoms with Gasteiger partial charge < -0.3 is 4.98 Å². The molecule has 1 aliphatic rings. The van der Waals surface area contributed by atoms with Gasteiger partial charge in [0, 0.05) is 10.6 Å². The molecular formula is C8H11NOS. The van der Waals surface area contributed by atoms with Gasteiger partial charge in [0.05, 0.1) is 0 Å².